The lowest BCUT2D eigenvalue weighted by Crippen LogP contribution is -2.48. The number of aliphatic carboxylic acids is 1. The van der Waals surface area contributed by atoms with E-state index in [0.29, 0.717) is 36.4 Å². The molecule has 2 fully saturated rings. The number of amides is 1. The van der Waals surface area contributed by atoms with Gasteiger partial charge in [0.15, 0.2) is 11.5 Å². The zero-order valence-electron chi connectivity index (χ0n) is 22.3. The lowest BCUT2D eigenvalue weighted by Gasteiger charge is -2.38. The number of benzene rings is 1. The molecule has 0 bridgehead atoms. The van der Waals surface area contributed by atoms with Gasteiger partial charge in [-0.05, 0) is 55.2 Å². The highest BCUT2D eigenvalue weighted by Crippen LogP contribution is 2.46. The summed E-state index contributed by atoms with van der Waals surface area (Å²) >= 11 is 0. The quantitative estimate of drug-likeness (QED) is 0.453. The van der Waals surface area contributed by atoms with Crippen LogP contribution in [0.25, 0.3) is 0 Å². The summed E-state index contributed by atoms with van der Waals surface area (Å²) < 4.78 is 11.1. The number of ether oxygens (including phenoxy) is 2. The molecule has 3 unspecified atom stereocenters. The normalized spacial score (nSPS) is 27.8. The van der Waals surface area contributed by atoms with Gasteiger partial charge in [0, 0.05) is 31.6 Å². The Bertz CT molecular complexity index is 890. The zero-order chi connectivity index (χ0) is 25.7. The third-order valence-electron chi connectivity index (χ3n) is 8.56. The molecule has 1 aliphatic carbocycles. The minimum Gasteiger partial charge on any atom is -0.481 e. The number of likely N-dealkylation sites (tertiary alicyclic amines) is 1. The summed E-state index contributed by atoms with van der Waals surface area (Å²) in [6.45, 7) is 9.22. The fourth-order valence-corrected chi connectivity index (χ4v) is 6.45. The Morgan fingerprint density at radius 1 is 1.03 bits per heavy atom. The van der Waals surface area contributed by atoms with Crippen LogP contribution >= 0.6 is 0 Å². The second-order valence-corrected chi connectivity index (χ2v) is 11.1. The summed E-state index contributed by atoms with van der Waals surface area (Å²) in [6, 6.07) is 5.68. The number of nitrogens with zero attached hydrogens (tertiary/aromatic N) is 2. The van der Waals surface area contributed by atoms with E-state index in [1.165, 1.54) is 0 Å². The molecule has 1 saturated carbocycles. The van der Waals surface area contributed by atoms with Gasteiger partial charge in [0.2, 0.25) is 12.7 Å². The van der Waals surface area contributed by atoms with Crippen LogP contribution in [0.5, 0.6) is 11.5 Å². The van der Waals surface area contributed by atoms with Crippen molar-refractivity contribution in [2.45, 2.75) is 84.1 Å². The van der Waals surface area contributed by atoms with E-state index < -0.39 is 11.9 Å². The fraction of sp³-hybridized carbons (Fsp3) is 0.724. The monoisotopic (exact) mass is 500 g/mol. The number of carboxylic acids is 1. The highest BCUT2D eigenvalue weighted by atomic mass is 16.7. The van der Waals surface area contributed by atoms with Gasteiger partial charge in [-0.15, -0.1) is 0 Å². The number of carbonyl (C=O) groups is 2. The third kappa shape index (κ3) is 5.99. The molecule has 36 heavy (non-hydrogen) atoms. The first-order valence-electron chi connectivity index (χ1n) is 14.1. The Morgan fingerprint density at radius 2 is 1.69 bits per heavy atom. The summed E-state index contributed by atoms with van der Waals surface area (Å²) in [7, 11) is 0. The molecule has 2 heterocycles. The first-order valence-corrected chi connectivity index (χ1v) is 14.1. The van der Waals surface area contributed by atoms with Gasteiger partial charge in [-0.2, -0.15) is 0 Å². The van der Waals surface area contributed by atoms with Gasteiger partial charge in [0.05, 0.1) is 12.5 Å². The van der Waals surface area contributed by atoms with Crippen molar-refractivity contribution in [2.75, 3.05) is 33.0 Å². The molecule has 1 amide bonds. The number of hydrogen-bond acceptors (Lipinski definition) is 5. The van der Waals surface area contributed by atoms with E-state index in [1.807, 2.05) is 23.1 Å². The molecular formula is C29H44N2O5. The molecule has 3 aliphatic rings. The van der Waals surface area contributed by atoms with Crippen molar-refractivity contribution in [3.05, 3.63) is 23.8 Å². The van der Waals surface area contributed by atoms with Gasteiger partial charge >= 0.3 is 5.97 Å². The van der Waals surface area contributed by atoms with Gasteiger partial charge in [-0.3, -0.25) is 14.5 Å². The maximum absolute atomic E-state index is 13.6. The Labute approximate surface area is 216 Å². The van der Waals surface area contributed by atoms with Gasteiger partial charge in [0.25, 0.3) is 0 Å². The van der Waals surface area contributed by atoms with Gasteiger partial charge < -0.3 is 19.5 Å². The smallest absolute Gasteiger partial charge is 0.308 e. The van der Waals surface area contributed by atoms with Crippen molar-refractivity contribution >= 4 is 11.9 Å². The minimum absolute atomic E-state index is 0.131. The molecule has 1 aromatic rings. The van der Waals surface area contributed by atoms with Crippen LogP contribution in [0.1, 0.15) is 83.6 Å². The van der Waals surface area contributed by atoms with Gasteiger partial charge in [0.1, 0.15) is 0 Å². The summed E-state index contributed by atoms with van der Waals surface area (Å²) in [6.07, 6.45) is 8.42. The first-order chi connectivity index (χ1) is 17.4. The van der Waals surface area contributed by atoms with Crippen molar-refractivity contribution in [3.63, 3.8) is 0 Å². The second kappa shape index (κ2) is 12.3. The molecule has 2 aliphatic heterocycles. The van der Waals surface area contributed by atoms with Gasteiger partial charge in [-0.25, -0.2) is 0 Å². The minimum atomic E-state index is -0.759. The first kappa shape index (κ1) is 26.8. The number of rotatable bonds is 11. The van der Waals surface area contributed by atoms with Crippen molar-refractivity contribution < 1.29 is 24.2 Å². The van der Waals surface area contributed by atoms with Crippen LogP contribution in [0.4, 0.5) is 0 Å². The molecule has 1 aromatic carbocycles. The van der Waals surface area contributed by atoms with E-state index in [0.717, 1.165) is 70.0 Å². The molecule has 4 rings (SSSR count). The summed E-state index contributed by atoms with van der Waals surface area (Å²) in [5.41, 5.74) is 0.963. The van der Waals surface area contributed by atoms with Crippen LogP contribution in [-0.2, 0) is 9.59 Å². The van der Waals surface area contributed by atoms with E-state index in [9.17, 15) is 14.7 Å². The van der Waals surface area contributed by atoms with Gasteiger partial charge in [-0.1, -0.05) is 52.5 Å². The van der Waals surface area contributed by atoms with Crippen LogP contribution in [0, 0.1) is 17.8 Å². The SMILES string of the molecule is CCCCN(CCCC)C(=O)CN1CC(c2ccc3c(c2)OCO3)C(C(=O)O)C1C1CCC(C)CC1. The number of hydrogen-bond donors (Lipinski definition) is 1. The third-order valence-corrected chi connectivity index (χ3v) is 8.56. The highest BCUT2D eigenvalue weighted by molar-refractivity contribution is 5.79. The average molecular weight is 501 g/mol. The molecule has 0 spiro atoms. The number of fused-ring (bicyclic) bond motifs is 1. The summed E-state index contributed by atoms with van der Waals surface area (Å²) in [5, 5.41) is 10.5. The molecule has 1 N–H and O–H groups in total. The standard InChI is InChI=1S/C29H44N2O5/c1-4-6-14-30(15-7-5-2)26(32)18-31-17-23(22-12-13-24-25(16-22)36-19-35-24)27(29(33)34)28(31)21-10-8-20(3)9-11-21/h12-13,16,20-21,23,27-28H,4-11,14-15,17-19H2,1-3H3,(H,33,34). The molecule has 7 nitrogen and oxygen atoms in total. The Kier molecular flexibility index (Phi) is 9.15. The average Bonchev–Trinajstić information content (AvgIpc) is 3.49. The fourth-order valence-electron chi connectivity index (χ4n) is 6.45. The molecule has 7 heteroatoms. The van der Waals surface area contributed by atoms with E-state index >= 15 is 0 Å². The van der Waals surface area contributed by atoms with E-state index in [4.69, 9.17) is 9.47 Å². The van der Waals surface area contributed by atoms with E-state index in [1.54, 1.807) is 0 Å². The molecule has 1 saturated heterocycles. The number of carboxylic acid groups (broad SMARTS) is 1. The molecule has 0 aromatic heterocycles. The number of unbranched alkanes of at least 4 members (excludes halogenated alkanes) is 2. The zero-order valence-corrected chi connectivity index (χ0v) is 22.3. The summed E-state index contributed by atoms with van der Waals surface area (Å²) in [4.78, 5) is 30.6. The molecule has 200 valence electrons. The van der Waals surface area contributed by atoms with Crippen molar-refractivity contribution in [3.8, 4) is 11.5 Å². The Morgan fingerprint density at radius 3 is 2.33 bits per heavy atom. The van der Waals surface area contributed by atoms with Crippen molar-refractivity contribution in [2.24, 2.45) is 17.8 Å². The maximum Gasteiger partial charge on any atom is 0.308 e. The van der Waals surface area contributed by atoms with E-state index in [-0.39, 0.29) is 24.7 Å². The second-order valence-electron chi connectivity index (χ2n) is 11.1. The Balaban J connectivity index is 1.61. The van der Waals surface area contributed by atoms with Crippen LogP contribution in [-0.4, -0.2) is 65.8 Å². The predicted octanol–water partition coefficient (Wildman–Crippen LogP) is 5.14. The van der Waals surface area contributed by atoms with E-state index in [2.05, 4.69) is 25.7 Å². The van der Waals surface area contributed by atoms with Crippen LogP contribution in [0.15, 0.2) is 18.2 Å². The number of carbonyl (C=O) groups excluding carboxylic acids is 1. The molecular weight excluding hydrogens is 456 g/mol. The lowest BCUT2D eigenvalue weighted by molar-refractivity contribution is -0.144. The van der Waals surface area contributed by atoms with Crippen LogP contribution in [0.2, 0.25) is 0 Å². The lowest BCUT2D eigenvalue weighted by atomic mass is 9.73. The van der Waals surface area contributed by atoms with Crippen molar-refractivity contribution in [1.29, 1.82) is 0 Å². The maximum atomic E-state index is 13.6. The molecule has 0 radical (unpaired) electrons. The topological polar surface area (TPSA) is 79.3 Å². The Hall–Kier alpha value is -2.28. The largest absolute Gasteiger partial charge is 0.481 e. The predicted molar refractivity (Wildman–Crippen MR) is 139 cm³/mol. The highest BCUT2D eigenvalue weighted by Gasteiger charge is 2.50. The van der Waals surface area contributed by atoms with Crippen LogP contribution in [0.3, 0.4) is 0 Å². The molecule has 3 atom stereocenters. The van der Waals surface area contributed by atoms with Crippen molar-refractivity contribution in [1.82, 2.24) is 9.80 Å². The summed E-state index contributed by atoms with van der Waals surface area (Å²) in [5.74, 6) is 1.02. The van der Waals surface area contributed by atoms with Crippen LogP contribution < -0.4 is 9.47 Å².